The maximum atomic E-state index is 11.6. The summed E-state index contributed by atoms with van der Waals surface area (Å²) >= 11 is 3.22. The average molecular weight is 378 g/mol. The summed E-state index contributed by atoms with van der Waals surface area (Å²) in [6, 6.07) is 11.8. The van der Waals surface area contributed by atoms with E-state index >= 15 is 0 Å². The van der Waals surface area contributed by atoms with Crippen molar-refractivity contribution in [2.24, 2.45) is 5.92 Å². The number of carbonyl (C=O) groups excluding carboxylic acids is 1. The van der Waals surface area contributed by atoms with Gasteiger partial charge in [-0.3, -0.25) is 14.9 Å². The van der Waals surface area contributed by atoms with Gasteiger partial charge in [0, 0.05) is 27.8 Å². The molecule has 2 N–H and O–H groups in total. The van der Waals surface area contributed by atoms with Gasteiger partial charge >= 0.3 is 0 Å². The number of hydrogen-bond donors (Lipinski definition) is 2. The third-order valence-corrected chi connectivity index (χ3v) is 3.61. The maximum Gasteiger partial charge on any atom is 0.293 e. The molecule has 0 aliphatic heterocycles. The molecule has 0 radical (unpaired) electrons. The summed E-state index contributed by atoms with van der Waals surface area (Å²) in [4.78, 5) is 22.3. The highest BCUT2D eigenvalue weighted by Crippen LogP contribution is 2.30. The molecule has 2 aromatic carbocycles. The molecule has 6 nitrogen and oxygen atoms in total. The van der Waals surface area contributed by atoms with Crippen molar-refractivity contribution in [3.05, 3.63) is 57.1 Å². The minimum atomic E-state index is -0.440. The van der Waals surface area contributed by atoms with E-state index in [1.165, 1.54) is 6.07 Å². The van der Waals surface area contributed by atoms with Gasteiger partial charge in [0.05, 0.1) is 4.92 Å². The zero-order valence-electron chi connectivity index (χ0n) is 12.7. The number of hydrogen-bond acceptors (Lipinski definition) is 4. The van der Waals surface area contributed by atoms with Gasteiger partial charge in [-0.2, -0.15) is 0 Å². The van der Waals surface area contributed by atoms with Crippen LogP contribution >= 0.6 is 15.9 Å². The fraction of sp³-hybridized carbons (Fsp3) is 0.188. The Balaban J connectivity index is 2.16. The molecule has 2 rings (SSSR count). The van der Waals surface area contributed by atoms with Crippen LogP contribution in [-0.2, 0) is 4.79 Å². The lowest BCUT2D eigenvalue weighted by atomic mass is 10.2. The molecule has 23 heavy (non-hydrogen) atoms. The van der Waals surface area contributed by atoms with Gasteiger partial charge in [0.25, 0.3) is 5.69 Å². The van der Waals surface area contributed by atoms with Crippen molar-refractivity contribution in [2.75, 3.05) is 10.6 Å². The Morgan fingerprint density at radius 2 is 1.74 bits per heavy atom. The van der Waals surface area contributed by atoms with Crippen molar-refractivity contribution in [1.29, 1.82) is 0 Å². The molecule has 0 aliphatic rings. The molecule has 0 aliphatic carbocycles. The summed E-state index contributed by atoms with van der Waals surface area (Å²) in [7, 11) is 0. The lowest BCUT2D eigenvalue weighted by Crippen LogP contribution is -2.17. The zero-order valence-corrected chi connectivity index (χ0v) is 14.3. The fourth-order valence-corrected chi connectivity index (χ4v) is 2.19. The smallest absolute Gasteiger partial charge is 0.293 e. The largest absolute Gasteiger partial charge is 0.350 e. The predicted molar refractivity (Wildman–Crippen MR) is 94.0 cm³/mol. The fourth-order valence-electron chi connectivity index (χ4n) is 1.84. The Bertz CT molecular complexity index is 730. The topological polar surface area (TPSA) is 84.3 Å². The number of amides is 1. The number of carbonyl (C=O) groups is 1. The first-order valence-corrected chi connectivity index (χ1v) is 7.78. The first-order valence-electron chi connectivity index (χ1n) is 6.98. The molecule has 0 fully saturated rings. The predicted octanol–water partition coefficient (Wildman–Crippen LogP) is 4.70. The number of nitro benzene ring substituents is 1. The van der Waals surface area contributed by atoms with E-state index in [1.807, 2.05) is 13.8 Å². The number of benzene rings is 2. The molecule has 0 heterocycles. The van der Waals surface area contributed by atoms with E-state index in [0.717, 1.165) is 0 Å². The van der Waals surface area contributed by atoms with Crippen LogP contribution in [0, 0.1) is 16.0 Å². The van der Waals surface area contributed by atoms with Gasteiger partial charge in [-0.25, -0.2) is 0 Å². The number of nitrogens with one attached hydrogen (secondary N) is 2. The van der Waals surface area contributed by atoms with Crippen molar-refractivity contribution in [1.82, 2.24) is 0 Å². The first kappa shape index (κ1) is 17.0. The Labute approximate surface area is 142 Å². The van der Waals surface area contributed by atoms with E-state index in [4.69, 9.17) is 0 Å². The Morgan fingerprint density at radius 1 is 1.13 bits per heavy atom. The summed E-state index contributed by atoms with van der Waals surface area (Å²) in [6.07, 6.45) is 0. The van der Waals surface area contributed by atoms with Gasteiger partial charge in [-0.1, -0.05) is 29.8 Å². The standard InChI is InChI=1S/C16H16BrN3O3/c1-10(2)16(21)19-13-6-4-12(5-7-13)18-14-8-3-11(17)9-15(14)20(22)23/h3-10,18H,1-2H3,(H,19,21). The van der Waals surface area contributed by atoms with Crippen LogP contribution in [0.2, 0.25) is 0 Å². The average Bonchev–Trinajstić information content (AvgIpc) is 2.50. The highest BCUT2D eigenvalue weighted by atomic mass is 79.9. The quantitative estimate of drug-likeness (QED) is 0.584. The van der Waals surface area contributed by atoms with Crippen molar-refractivity contribution in [2.45, 2.75) is 13.8 Å². The number of nitro groups is 1. The molecule has 0 unspecified atom stereocenters. The van der Waals surface area contributed by atoms with Crippen LogP contribution in [0.15, 0.2) is 46.9 Å². The first-order chi connectivity index (χ1) is 10.9. The van der Waals surface area contributed by atoms with Crippen molar-refractivity contribution in [3.8, 4) is 0 Å². The lowest BCUT2D eigenvalue weighted by molar-refractivity contribution is -0.384. The van der Waals surface area contributed by atoms with Crippen molar-refractivity contribution >= 4 is 44.6 Å². The number of nitrogens with zero attached hydrogens (tertiary/aromatic N) is 1. The van der Waals surface area contributed by atoms with Crippen LogP contribution in [0.1, 0.15) is 13.8 Å². The van der Waals surface area contributed by atoms with Crippen LogP contribution in [0.5, 0.6) is 0 Å². The maximum absolute atomic E-state index is 11.6. The molecule has 1 amide bonds. The van der Waals surface area contributed by atoms with E-state index < -0.39 is 4.92 Å². The highest BCUT2D eigenvalue weighted by molar-refractivity contribution is 9.10. The molecule has 2 aromatic rings. The highest BCUT2D eigenvalue weighted by Gasteiger charge is 2.14. The van der Waals surface area contributed by atoms with E-state index in [2.05, 4.69) is 26.6 Å². The normalized spacial score (nSPS) is 10.4. The second-order valence-corrected chi connectivity index (χ2v) is 6.18. The van der Waals surface area contributed by atoms with Gasteiger partial charge in [-0.15, -0.1) is 0 Å². The molecule has 0 spiro atoms. The zero-order chi connectivity index (χ0) is 17.0. The third-order valence-electron chi connectivity index (χ3n) is 3.11. The molecule has 0 saturated carbocycles. The van der Waals surface area contributed by atoms with Gasteiger partial charge in [-0.05, 0) is 36.4 Å². The van der Waals surface area contributed by atoms with Crippen LogP contribution in [0.3, 0.4) is 0 Å². The second-order valence-electron chi connectivity index (χ2n) is 5.26. The minimum absolute atomic E-state index is 0.0171. The molecular weight excluding hydrogens is 362 g/mol. The van der Waals surface area contributed by atoms with E-state index in [1.54, 1.807) is 36.4 Å². The summed E-state index contributed by atoms with van der Waals surface area (Å²) < 4.78 is 0.640. The van der Waals surface area contributed by atoms with Crippen LogP contribution in [0.25, 0.3) is 0 Å². The van der Waals surface area contributed by atoms with E-state index in [-0.39, 0.29) is 17.5 Å². The molecule has 0 atom stereocenters. The lowest BCUT2D eigenvalue weighted by Gasteiger charge is -2.10. The SMILES string of the molecule is CC(C)C(=O)Nc1ccc(Nc2ccc(Br)cc2[N+](=O)[O-])cc1. The molecule has 0 aromatic heterocycles. The summed E-state index contributed by atoms with van der Waals surface area (Å²) in [5.74, 6) is -0.160. The van der Waals surface area contributed by atoms with Gasteiger partial charge < -0.3 is 10.6 Å². The Hall–Kier alpha value is -2.41. The van der Waals surface area contributed by atoms with Crippen LogP contribution in [-0.4, -0.2) is 10.8 Å². The summed E-state index contributed by atoms with van der Waals surface area (Å²) in [5.41, 5.74) is 1.76. The van der Waals surface area contributed by atoms with Crippen molar-refractivity contribution < 1.29 is 9.72 Å². The molecule has 7 heteroatoms. The van der Waals surface area contributed by atoms with Crippen LogP contribution < -0.4 is 10.6 Å². The van der Waals surface area contributed by atoms with Gasteiger partial charge in [0.2, 0.25) is 5.91 Å². The summed E-state index contributed by atoms with van der Waals surface area (Å²) in [5, 5.41) is 16.9. The second kappa shape index (κ2) is 7.23. The molecule has 0 bridgehead atoms. The van der Waals surface area contributed by atoms with Crippen LogP contribution in [0.4, 0.5) is 22.7 Å². The summed E-state index contributed by atoms with van der Waals surface area (Å²) in [6.45, 7) is 3.63. The Morgan fingerprint density at radius 3 is 2.30 bits per heavy atom. The van der Waals surface area contributed by atoms with Gasteiger partial charge in [0.15, 0.2) is 0 Å². The monoisotopic (exact) mass is 377 g/mol. The minimum Gasteiger partial charge on any atom is -0.350 e. The van der Waals surface area contributed by atoms with E-state index in [0.29, 0.717) is 21.5 Å². The Kier molecular flexibility index (Phi) is 5.33. The molecule has 0 saturated heterocycles. The number of rotatable bonds is 5. The third kappa shape index (κ3) is 4.53. The van der Waals surface area contributed by atoms with E-state index in [9.17, 15) is 14.9 Å². The number of anilines is 3. The molecule has 120 valence electrons. The van der Waals surface area contributed by atoms with Gasteiger partial charge in [0.1, 0.15) is 5.69 Å². The van der Waals surface area contributed by atoms with Crippen molar-refractivity contribution in [3.63, 3.8) is 0 Å². The number of halogens is 1. The molecular formula is C16H16BrN3O3.